The summed E-state index contributed by atoms with van der Waals surface area (Å²) in [5, 5.41) is 6.65. The zero-order valence-electron chi connectivity index (χ0n) is 9.73. The average Bonchev–Trinajstić information content (AvgIpc) is 2.83. The Morgan fingerprint density at radius 3 is 2.88 bits per heavy atom. The van der Waals surface area contributed by atoms with Gasteiger partial charge in [-0.15, -0.1) is 0 Å². The number of anilines is 1. The number of nitrogen functional groups attached to an aromatic ring is 1. The third-order valence-corrected chi connectivity index (χ3v) is 2.95. The summed E-state index contributed by atoms with van der Waals surface area (Å²) in [5.41, 5.74) is 9.92. The average molecular weight is 227 g/mol. The van der Waals surface area contributed by atoms with Crippen molar-refractivity contribution < 1.29 is 0 Å². The van der Waals surface area contributed by atoms with Crippen molar-refractivity contribution in [1.29, 1.82) is 0 Å². The Hall–Kier alpha value is -2.30. The summed E-state index contributed by atoms with van der Waals surface area (Å²) >= 11 is 0. The third-order valence-electron chi connectivity index (χ3n) is 2.95. The minimum Gasteiger partial charge on any atom is -0.383 e. The summed E-state index contributed by atoms with van der Waals surface area (Å²) in [6.07, 6.45) is 1.70. The van der Waals surface area contributed by atoms with Gasteiger partial charge in [-0.1, -0.05) is 6.07 Å². The standard InChI is InChI=1S/C12H13N5/c1-7-3-4-10-9(5-7)15-12(17(10)2)8-6-14-16-11(8)13/h3-6H,1-2H3,(H3,13,14,16). The van der Waals surface area contributed by atoms with Crippen LogP contribution in [0.15, 0.2) is 24.4 Å². The molecule has 1 aromatic carbocycles. The number of nitrogens with two attached hydrogens (primary N) is 1. The van der Waals surface area contributed by atoms with Crippen molar-refractivity contribution in [2.75, 3.05) is 5.73 Å². The maximum atomic E-state index is 5.82. The Morgan fingerprint density at radius 1 is 1.35 bits per heavy atom. The van der Waals surface area contributed by atoms with Crippen molar-refractivity contribution in [2.24, 2.45) is 7.05 Å². The molecule has 0 aliphatic heterocycles. The molecule has 3 rings (SSSR count). The highest BCUT2D eigenvalue weighted by Crippen LogP contribution is 2.26. The Morgan fingerprint density at radius 2 is 2.18 bits per heavy atom. The number of benzene rings is 1. The number of hydrogen-bond donors (Lipinski definition) is 2. The van der Waals surface area contributed by atoms with Gasteiger partial charge in [0.1, 0.15) is 11.6 Å². The van der Waals surface area contributed by atoms with E-state index in [2.05, 4.69) is 40.3 Å². The zero-order valence-corrected chi connectivity index (χ0v) is 9.73. The minimum atomic E-state index is 0.542. The van der Waals surface area contributed by atoms with Gasteiger partial charge >= 0.3 is 0 Å². The van der Waals surface area contributed by atoms with E-state index in [1.54, 1.807) is 6.20 Å². The number of nitrogens with zero attached hydrogens (tertiary/aromatic N) is 3. The zero-order chi connectivity index (χ0) is 12.0. The lowest BCUT2D eigenvalue weighted by Crippen LogP contribution is -1.94. The van der Waals surface area contributed by atoms with Crippen molar-refractivity contribution in [2.45, 2.75) is 6.92 Å². The van der Waals surface area contributed by atoms with Crippen LogP contribution in [-0.4, -0.2) is 19.7 Å². The van der Waals surface area contributed by atoms with Crippen molar-refractivity contribution >= 4 is 16.9 Å². The molecule has 0 amide bonds. The second-order valence-electron chi connectivity index (χ2n) is 4.18. The van der Waals surface area contributed by atoms with E-state index in [0.29, 0.717) is 5.82 Å². The van der Waals surface area contributed by atoms with Crippen LogP contribution in [0.3, 0.4) is 0 Å². The first-order chi connectivity index (χ1) is 8.16. The van der Waals surface area contributed by atoms with Gasteiger partial charge in [-0.3, -0.25) is 5.10 Å². The third kappa shape index (κ3) is 1.39. The van der Waals surface area contributed by atoms with E-state index < -0.39 is 0 Å². The molecule has 0 atom stereocenters. The molecular formula is C12H13N5. The van der Waals surface area contributed by atoms with Gasteiger partial charge in [-0.2, -0.15) is 5.10 Å². The molecule has 2 aromatic heterocycles. The molecule has 0 unspecified atom stereocenters. The van der Waals surface area contributed by atoms with Gasteiger partial charge < -0.3 is 10.3 Å². The second-order valence-corrected chi connectivity index (χ2v) is 4.18. The van der Waals surface area contributed by atoms with E-state index in [4.69, 9.17) is 5.73 Å². The predicted octanol–water partition coefficient (Wildman–Crippen LogP) is 1.85. The van der Waals surface area contributed by atoms with Crippen LogP contribution in [0.2, 0.25) is 0 Å². The molecule has 0 saturated heterocycles. The van der Waals surface area contributed by atoms with Gasteiger partial charge in [0, 0.05) is 7.05 Å². The summed E-state index contributed by atoms with van der Waals surface area (Å²) in [6.45, 7) is 2.06. The number of imidazole rings is 1. The van der Waals surface area contributed by atoms with Crippen LogP contribution in [0.4, 0.5) is 5.82 Å². The fraction of sp³-hybridized carbons (Fsp3) is 0.167. The van der Waals surface area contributed by atoms with Gasteiger partial charge in [-0.05, 0) is 24.6 Å². The summed E-state index contributed by atoms with van der Waals surface area (Å²) in [7, 11) is 1.98. The number of nitrogens with one attached hydrogen (secondary N) is 1. The molecule has 0 spiro atoms. The largest absolute Gasteiger partial charge is 0.383 e. The maximum Gasteiger partial charge on any atom is 0.146 e. The fourth-order valence-electron chi connectivity index (χ4n) is 2.03. The Bertz CT molecular complexity index is 692. The number of fused-ring (bicyclic) bond motifs is 1. The minimum absolute atomic E-state index is 0.542. The first-order valence-electron chi connectivity index (χ1n) is 5.39. The van der Waals surface area contributed by atoms with Crippen LogP contribution >= 0.6 is 0 Å². The fourth-order valence-corrected chi connectivity index (χ4v) is 2.03. The quantitative estimate of drug-likeness (QED) is 0.666. The Kier molecular flexibility index (Phi) is 1.95. The van der Waals surface area contributed by atoms with Crippen LogP contribution in [0, 0.1) is 6.92 Å². The van der Waals surface area contributed by atoms with Crippen LogP contribution in [0.1, 0.15) is 5.56 Å². The molecular weight excluding hydrogens is 214 g/mol. The van der Waals surface area contributed by atoms with Gasteiger partial charge in [0.2, 0.25) is 0 Å². The van der Waals surface area contributed by atoms with Crippen molar-refractivity contribution in [3.05, 3.63) is 30.0 Å². The Balaban J connectivity index is 2.31. The number of aromatic amines is 1. The van der Waals surface area contributed by atoms with E-state index in [-0.39, 0.29) is 0 Å². The van der Waals surface area contributed by atoms with Crippen molar-refractivity contribution in [1.82, 2.24) is 19.7 Å². The number of H-pyrrole nitrogens is 1. The first kappa shape index (κ1) is 9.89. The lowest BCUT2D eigenvalue weighted by atomic mass is 10.2. The summed E-state index contributed by atoms with van der Waals surface area (Å²) in [4.78, 5) is 4.60. The van der Waals surface area contributed by atoms with E-state index in [1.165, 1.54) is 5.56 Å². The maximum absolute atomic E-state index is 5.82. The number of rotatable bonds is 1. The van der Waals surface area contributed by atoms with Gasteiger partial charge in [0.05, 0.1) is 22.8 Å². The molecule has 3 N–H and O–H groups in total. The molecule has 5 heteroatoms. The second kappa shape index (κ2) is 3.35. The Labute approximate surface area is 98.3 Å². The number of aryl methyl sites for hydroxylation is 2. The van der Waals surface area contributed by atoms with E-state index in [0.717, 1.165) is 22.4 Å². The molecule has 5 nitrogen and oxygen atoms in total. The monoisotopic (exact) mass is 227 g/mol. The highest BCUT2D eigenvalue weighted by atomic mass is 15.2. The molecule has 0 saturated carbocycles. The lowest BCUT2D eigenvalue weighted by Gasteiger charge is -2.00. The van der Waals surface area contributed by atoms with Crippen LogP contribution in [0.25, 0.3) is 22.4 Å². The normalized spacial score (nSPS) is 11.2. The highest BCUT2D eigenvalue weighted by Gasteiger charge is 2.13. The number of aromatic nitrogens is 4. The summed E-state index contributed by atoms with van der Waals surface area (Å²) < 4.78 is 2.02. The summed E-state index contributed by atoms with van der Waals surface area (Å²) in [5.74, 6) is 1.37. The van der Waals surface area contributed by atoms with Gasteiger partial charge in [0.25, 0.3) is 0 Å². The van der Waals surface area contributed by atoms with Crippen LogP contribution in [0.5, 0.6) is 0 Å². The van der Waals surface area contributed by atoms with E-state index >= 15 is 0 Å². The van der Waals surface area contributed by atoms with Gasteiger partial charge in [0.15, 0.2) is 0 Å². The summed E-state index contributed by atoms with van der Waals surface area (Å²) in [6, 6.07) is 6.21. The SMILES string of the molecule is Cc1ccc2c(c1)nc(-c1cn[nH]c1N)n2C. The highest BCUT2D eigenvalue weighted by molar-refractivity contribution is 5.83. The molecule has 0 fully saturated rings. The smallest absolute Gasteiger partial charge is 0.146 e. The van der Waals surface area contributed by atoms with Gasteiger partial charge in [-0.25, -0.2) is 4.98 Å². The van der Waals surface area contributed by atoms with Crippen molar-refractivity contribution in [3.8, 4) is 11.4 Å². The lowest BCUT2D eigenvalue weighted by molar-refractivity contribution is 0.960. The molecule has 0 radical (unpaired) electrons. The molecule has 3 aromatic rings. The van der Waals surface area contributed by atoms with Crippen LogP contribution in [-0.2, 0) is 7.05 Å². The number of hydrogen-bond acceptors (Lipinski definition) is 3. The predicted molar refractivity (Wildman–Crippen MR) is 67.4 cm³/mol. The molecule has 17 heavy (non-hydrogen) atoms. The first-order valence-corrected chi connectivity index (χ1v) is 5.39. The van der Waals surface area contributed by atoms with Crippen molar-refractivity contribution in [3.63, 3.8) is 0 Å². The molecule has 2 heterocycles. The molecule has 0 aliphatic rings. The van der Waals surface area contributed by atoms with E-state index in [9.17, 15) is 0 Å². The topological polar surface area (TPSA) is 72.5 Å². The van der Waals surface area contributed by atoms with E-state index in [1.807, 2.05) is 11.6 Å². The molecule has 86 valence electrons. The van der Waals surface area contributed by atoms with Crippen LogP contribution < -0.4 is 5.73 Å². The molecule has 0 bridgehead atoms. The molecule has 0 aliphatic carbocycles.